The molecule has 0 saturated heterocycles. The van der Waals surface area contributed by atoms with Gasteiger partial charge in [-0.3, -0.25) is 0 Å². The average Bonchev–Trinajstić information content (AvgIpc) is 2.42. The van der Waals surface area contributed by atoms with Gasteiger partial charge in [0.15, 0.2) is 0 Å². The van der Waals surface area contributed by atoms with E-state index >= 15 is 0 Å². The highest BCUT2D eigenvalue weighted by atomic mass is 127. The van der Waals surface area contributed by atoms with Gasteiger partial charge in [-0.1, -0.05) is 65.8 Å². The van der Waals surface area contributed by atoms with E-state index in [1.54, 1.807) is 0 Å². The van der Waals surface area contributed by atoms with Gasteiger partial charge >= 0.3 is 6.09 Å². The zero-order chi connectivity index (χ0) is 13.0. The molecule has 1 amide bonds. The topological polar surface area (TPSA) is 38.3 Å². The van der Waals surface area contributed by atoms with Crippen LogP contribution in [-0.4, -0.2) is 17.1 Å². The minimum atomic E-state index is -0.345. The molecule has 1 aliphatic carbocycles. The van der Waals surface area contributed by atoms with Crippen LogP contribution in [0, 0.1) is 0 Å². The molecule has 1 fully saturated rings. The maximum absolute atomic E-state index is 11.7. The first-order chi connectivity index (χ1) is 8.69. The number of alkyl halides is 1. The molecule has 98 valence electrons. The van der Waals surface area contributed by atoms with Gasteiger partial charge in [-0.25, -0.2) is 4.79 Å². The molecule has 0 radical (unpaired) electrons. The van der Waals surface area contributed by atoms with Gasteiger partial charge in [-0.05, 0) is 18.4 Å². The summed E-state index contributed by atoms with van der Waals surface area (Å²) in [5, 5.41) is 3.08. The highest BCUT2D eigenvalue weighted by Gasteiger charge is 2.42. The van der Waals surface area contributed by atoms with Gasteiger partial charge < -0.3 is 10.1 Å². The highest BCUT2D eigenvalue weighted by Crippen LogP contribution is 2.41. The van der Waals surface area contributed by atoms with Crippen LogP contribution < -0.4 is 5.32 Å². The van der Waals surface area contributed by atoms with Gasteiger partial charge in [-0.15, -0.1) is 0 Å². The van der Waals surface area contributed by atoms with Gasteiger partial charge in [-0.2, -0.15) is 0 Å². The van der Waals surface area contributed by atoms with E-state index in [-0.39, 0.29) is 11.6 Å². The summed E-state index contributed by atoms with van der Waals surface area (Å²) in [4.78, 5) is 11.7. The fourth-order valence-corrected chi connectivity index (χ4v) is 3.90. The molecule has 1 aromatic rings. The van der Waals surface area contributed by atoms with E-state index in [4.69, 9.17) is 4.74 Å². The van der Waals surface area contributed by atoms with Crippen molar-refractivity contribution in [1.29, 1.82) is 0 Å². The second-order valence-corrected chi connectivity index (χ2v) is 6.17. The molecule has 0 unspecified atom stereocenters. The zero-order valence-corrected chi connectivity index (χ0v) is 12.6. The number of rotatable bonds is 2. The van der Waals surface area contributed by atoms with E-state index in [0.717, 1.165) is 19.3 Å². The molecule has 1 saturated carbocycles. The lowest BCUT2D eigenvalue weighted by molar-refractivity contribution is 0.146. The Morgan fingerprint density at radius 2 is 2.11 bits per heavy atom. The molecule has 0 spiro atoms. The Morgan fingerprint density at radius 3 is 2.72 bits per heavy atom. The molecule has 1 aromatic carbocycles. The standard InChI is InChI=1S/C14H18INO2/c1-18-13(17)16-14(10-6-5-9-12(14)15)11-7-3-2-4-8-11/h2-4,7-8,12H,5-6,9-10H2,1H3,(H,16,17)/t12-,14+/m0/s1. The van der Waals surface area contributed by atoms with Crippen molar-refractivity contribution in [3.8, 4) is 0 Å². The van der Waals surface area contributed by atoms with E-state index in [1.165, 1.54) is 19.1 Å². The Morgan fingerprint density at radius 1 is 1.39 bits per heavy atom. The quantitative estimate of drug-likeness (QED) is 0.647. The Bertz CT molecular complexity index is 410. The van der Waals surface area contributed by atoms with Crippen molar-refractivity contribution in [3.63, 3.8) is 0 Å². The second-order valence-electron chi connectivity index (χ2n) is 4.67. The van der Waals surface area contributed by atoms with Gasteiger partial charge in [0, 0.05) is 3.92 Å². The minimum absolute atomic E-state index is 0.285. The number of carbonyl (C=O) groups is 1. The normalized spacial score (nSPS) is 27.6. The third-order valence-electron chi connectivity index (χ3n) is 3.61. The number of nitrogens with one attached hydrogen (secondary N) is 1. The lowest BCUT2D eigenvalue weighted by Crippen LogP contribution is -2.53. The van der Waals surface area contributed by atoms with Gasteiger partial charge in [0.25, 0.3) is 0 Å². The molecule has 4 heteroatoms. The zero-order valence-electron chi connectivity index (χ0n) is 10.5. The number of hydrogen-bond donors (Lipinski definition) is 1. The Hall–Kier alpha value is -0.780. The molecule has 18 heavy (non-hydrogen) atoms. The molecule has 2 atom stereocenters. The molecule has 0 aliphatic heterocycles. The highest BCUT2D eigenvalue weighted by molar-refractivity contribution is 14.1. The van der Waals surface area contributed by atoms with Crippen molar-refractivity contribution in [2.24, 2.45) is 0 Å². The van der Waals surface area contributed by atoms with E-state index in [2.05, 4.69) is 40.0 Å². The molecular weight excluding hydrogens is 341 g/mol. The molecular formula is C14H18INO2. The van der Waals surface area contributed by atoms with Crippen LogP contribution in [0.5, 0.6) is 0 Å². The van der Waals surface area contributed by atoms with Crippen molar-refractivity contribution in [3.05, 3.63) is 35.9 Å². The number of halogens is 1. The number of hydrogen-bond acceptors (Lipinski definition) is 2. The fraction of sp³-hybridized carbons (Fsp3) is 0.500. The summed E-state index contributed by atoms with van der Waals surface area (Å²) in [6.07, 6.45) is 4.12. The van der Waals surface area contributed by atoms with E-state index < -0.39 is 0 Å². The van der Waals surface area contributed by atoms with Crippen molar-refractivity contribution in [1.82, 2.24) is 5.32 Å². The Labute approximate surface area is 121 Å². The first-order valence-electron chi connectivity index (χ1n) is 6.25. The number of ether oxygens (including phenoxy) is 1. The monoisotopic (exact) mass is 359 g/mol. The number of carbonyl (C=O) groups excluding carboxylic acids is 1. The maximum Gasteiger partial charge on any atom is 0.407 e. The second kappa shape index (κ2) is 5.91. The lowest BCUT2D eigenvalue weighted by atomic mass is 9.76. The van der Waals surface area contributed by atoms with E-state index in [9.17, 15) is 4.79 Å². The van der Waals surface area contributed by atoms with Crippen LogP contribution in [0.15, 0.2) is 30.3 Å². The van der Waals surface area contributed by atoms with Gasteiger partial charge in [0.05, 0.1) is 12.6 Å². The molecule has 0 bridgehead atoms. The number of methoxy groups -OCH3 is 1. The molecule has 0 aromatic heterocycles. The van der Waals surface area contributed by atoms with Crippen LogP contribution in [0.1, 0.15) is 31.2 Å². The summed E-state index contributed by atoms with van der Waals surface area (Å²) in [5.41, 5.74) is 0.891. The maximum atomic E-state index is 11.7. The molecule has 3 nitrogen and oxygen atoms in total. The van der Waals surface area contributed by atoms with Crippen LogP contribution in [-0.2, 0) is 10.3 Å². The SMILES string of the molecule is COC(=O)N[C@@]1(c2ccccc2)CCCC[C@@H]1I. The van der Waals surface area contributed by atoms with Crippen molar-refractivity contribution in [2.45, 2.75) is 35.1 Å². The van der Waals surface area contributed by atoms with Crippen molar-refractivity contribution >= 4 is 28.7 Å². The molecule has 1 aliphatic rings. The van der Waals surface area contributed by atoms with Crippen LogP contribution in [0.4, 0.5) is 4.79 Å². The fourth-order valence-electron chi connectivity index (χ4n) is 2.64. The third kappa shape index (κ3) is 2.63. The Kier molecular flexibility index (Phi) is 4.48. The molecule has 1 N–H and O–H groups in total. The summed E-state index contributed by atoms with van der Waals surface area (Å²) in [6, 6.07) is 10.2. The predicted octanol–water partition coefficient (Wildman–Crippen LogP) is 3.62. The summed E-state index contributed by atoms with van der Waals surface area (Å²) in [6.45, 7) is 0. The van der Waals surface area contributed by atoms with Gasteiger partial charge in [0.1, 0.15) is 0 Å². The van der Waals surface area contributed by atoms with E-state index in [1.807, 2.05) is 18.2 Å². The van der Waals surface area contributed by atoms with Crippen LogP contribution in [0.2, 0.25) is 0 Å². The van der Waals surface area contributed by atoms with Crippen LogP contribution in [0.25, 0.3) is 0 Å². The largest absolute Gasteiger partial charge is 0.453 e. The number of amides is 1. The smallest absolute Gasteiger partial charge is 0.407 e. The summed E-state index contributed by atoms with van der Waals surface area (Å²) in [5.74, 6) is 0. The lowest BCUT2D eigenvalue weighted by Gasteiger charge is -2.42. The Balaban J connectivity index is 2.35. The first-order valence-corrected chi connectivity index (χ1v) is 7.49. The van der Waals surface area contributed by atoms with Crippen molar-refractivity contribution < 1.29 is 9.53 Å². The number of benzene rings is 1. The van der Waals surface area contributed by atoms with Crippen molar-refractivity contribution in [2.75, 3.05) is 7.11 Å². The van der Waals surface area contributed by atoms with Crippen LogP contribution in [0.3, 0.4) is 0 Å². The summed E-state index contributed by atoms with van der Waals surface area (Å²) in [7, 11) is 1.42. The first kappa shape index (κ1) is 13.6. The predicted molar refractivity (Wildman–Crippen MR) is 79.9 cm³/mol. The van der Waals surface area contributed by atoms with Crippen LogP contribution >= 0.6 is 22.6 Å². The number of alkyl carbamates (subject to hydrolysis) is 1. The minimum Gasteiger partial charge on any atom is -0.453 e. The van der Waals surface area contributed by atoms with Gasteiger partial charge in [0.2, 0.25) is 0 Å². The average molecular weight is 359 g/mol. The van der Waals surface area contributed by atoms with E-state index in [0.29, 0.717) is 3.92 Å². The summed E-state index contributed by atoms with van der Waals surface area (Å²) >= 11 is 2.45. The molecule has 2 rings (SSSR count). The summed E-state index contributed by atoms with van der Waals surface area (Å²) < 4.78 is 5.19. The molecule has 0 heterocycles. The third-order valence-corrected chi connectivity index (χ3v) is 5.30.